The van der Waals surface area contributed by atoms with E-state index in [9.17, 15) is 14.4 Å². The van der Waals surface area contributed by atoms with Crippen molar-refractivity contribution in [1.29, 1.82) is 0 Å². The lowest BCUT2D eigenvalue weighted by Gasteiger charge is -2.40. The summed E-state index contributed by atoms with van der Waals surface area (Å²) in [4.78, 5) is 39.8. The number of Topliss-reactive ketones (excluding diaryl/α,β-unsaturated/α-hetero) is 1. The Morgan fingerprint density at radius 1 is 1.48 bits per heavy atom. The highest BCUT2D eigenvalue weighted by Gasteiger charge is 2.38. The largest absolute Gasteiger partial charge is 0.310 e. The van der Waals surface area contributed by atoms with Gasteiger partial charge in [-0.3, -0.25) is 19.2 Å². The maximum Gasteiger partial charge on any atom is 0.310 e. The Bertz CT molecular complexity index is 546. The molecule has 0 aromatic rings. The molecule has 2 aliphatic rings. The van der Waals surface area contributed by atoms with Crippen LogP contribution in [-0.4, -0.2) is 23.6 Å². The second-order valence-electron chi connectivity index (χ2n) is 5.91. The number of allylic oxidation sites excluding steroid dienone is 3. The average Bonchev–Trinajstić information content (AvgIpc) is 2.49. The van der Waals surface area contributed by atoms with E-state index in [1.165, 1.54) is 0 Å². The van der Waals surface area contributed by atoms with Crippen LogP contribution in [0.1, 0.15) is 46.5 Å². The molecule has 2 rings (SSSR count). The minimum absolute atomic E-state index is 0.0355. The number of hydroxylamine groups is 1. The molecule has 1 fully saturated rings. The molecule has 0 radical (unpaired) electrons. The first-order valence-corrected chi connectivity index (χ1v) is 7.30. The van der Waals surface area contributed by atoms with Gasteiger partial charge in [0.05, 0.1) is 6.10 Å². The van der Waals surface area contributed by atoms with Crippen LogP contribution in [0.5, 0.6) is 0 Å². The molecule has 0 unspecified atom stereocenters. The van der Waals surface area contributed by atoms with Gasteiger partial charge in [0.15, 0.2) is 5.78 Å². The van der Waals surface area contributed by atoms with Crippen LogP contribution >= 0.6 is 0 Å². The highest BCUT2D eigenvalue weighted by Crippen LogP contribution is 2.46. The first kappa shape index (κ1) is 15.6. The summed E-state index contributed by atoms with van der Waals surface area (Å²) in [7, 11) is 0. The van der Waals surface area contributed by atoms with E-state index in [1.54, 1.807) is 13.0 Å². The molecule has 114 valence electrons. The maximum absolute atomic E-state index is 11.8. The van der Waals surface area contributed by atoms with Crippen molar-refractivity contribution in [1.82, 2.24) is 5.48 Å². The highest BCUT2D eigenvalue weighted by molar-refractivity contribution is 6.35. The van der Waals surface area contributed by atoms with Gasteiger partial charge in [0.2, 0.25) is 5.78 Å². The zero-order chi connectivity index (χ0) is 15.6. The Labute approximate surface area is 124 Å². The molecule has 0 aromatic carbocycles. The molecule has 2 aliphatic carbocycles. The summed E-state index contributed by atoms with van der Waals surface area (Å²) in [5, 5.41) is 0. The zero-order valence-corrected chi connectivity index (χ0v) is 12.7. The maximum atomic E-state index is 11.8. The van der Waals surface area contributed by atoms with Crippen LogP contribution in [0.4, 0.5) is 0 Å². The molecule has 0 aromatic heterocycles. The summed E-state index contributed by atoms with van der Waals surface area (Å²) >= 11 is 0. The summed E-state index contributed by atoms with van der Waals surface area (Å²) in [6.07, 6.45) is 5.78. The van der Waals surface area contributed by atoms with Gasteiger partial charge in [0.25, 0.3) is 0 Å². The first-order chi connectivity index (χ1) is 9.87. The van der Waals surface area contributed by atoms with E-state index in [1.807, 2.05) is 13.0 Å². The summed E-state index contributed by atoms with van der Waals surface area (Å²) < 4.78 is 0. The predicted octanol–water partition coefficient (Wildman–Crippen LogP) is 2.03. The number of fused-ring (bicyclic) bond motifs is 1. The molecule has 2 atom stereocenters. The van der Waals surface area contributed by atoms with Gasteiger partial charge in [-0.2, -0.15) is 0 Å². The molecule has 0 aliphatic heterocycles. The topological polar surface area (TPSA) is 72.5 Å². The highest BCUT2D eigenvalue weighted by atomic mass is 16.7. The minimum Gasteiger partial charge on any atom is -0.290 e. The van der Waals surface area contributed by atoms with E-state index in [0.29, 0.717) is 6.42 Å². The van der Waals surface area contributed by atoms with E-state index >= 15 is 0 Å². The van der Waals surface area contributed by atoms with Gasteiger partial charge in [-0.05, 0) is 37.8 Å². The first-order valence-electron chi connectivity index (χ1n) is 7.30. The quantitative estimate of drug-likeness (QED) is 0.635. The van der Waals surface area contributed by atoms with Crippen molar-refractivity contribution < 1.29 is 19.2 Å². The number of ketones is 2. The molecular weight excluding hydrogens is 270 g/mol. The molecule has 1 saturated carbocycles. The summed E-state index contributed by atoms with van der Waals surface area (Å²) in [6.45, 7) is 5.58. The average molecular weight is 291 g/mol. The molecule has 5 nitrogen and oxygen atoms in total. The Hall–Kier alpha value is -1.75. The van der Waals surface area contributed by atoms with Crippen LogP contribution < -0.4 is 5.48 Å². The smallest absolute Gasteiger partial charge is 0.290 e. The van der Waals surface area contributed by atoms with Crippen LogP contribution in [0.2, 0.25) is 0 Å². The van der Waals surface area contributed by atoms with E-state index in [0.717, 1.165) is 24.0 Å². The third kappa shape index (κ3) is 3.13. The predicted molar refractivity (Wildman–Crippen MR) is 77.1 cm³/mol. The third-order valence-electron chi connectivity index (χ3n) is 4.42. The van der Waals surface area contributed by atoms with Gasteiger partial charge in [-0.25, -0.2) is 5.48 Å². The van der Waals surface area contributed by atoms with Gasteiger partial charge < -0.3 is 0 Å². The number of rotatable bonds is 4. The standard InChI is InChI=1S/C16H21NO4/c1-4-13(18)15(20)17-21-11-5-7-16(3)8-6-14(19)10(2)12(16)9-11/h6,8,11H,4-5,7,9H2,1-3H3,(H,17,20)/t11-,16+/m1/s1. The Morgan fingerprint density at radius 2 is 2.19 bits per heavy atom. The lowest BCUT2D eigenvalue weighted by molar-refractivity contribution is -0.150. The second kappa shape index (κ2) is 5.93. The lowest BCUT2D eigenvalue weighted by atomic mass is 9.66. The molecule has 1 amide bonds. The SMILES string of the molecule is CCC(=O)C(=O)NO[C@@H]1CC[C@@]2(C)C=CC(=O)C(C)=C2C1. The molecule has 5 heteroatoms. The fourth-order valence-electron chi connectivity index (χ4n) is 2.93. The second-order valence-corrected chi connectivity index (χ2v) is 5.91. The van der Waals surface area contributed by atoms with E-state index < -0.39 is 11.7 Å². The molecule has 0 heterocycles. The number of nitrogens with one attached hydrogen (secondary N) is 1. The number of hydrogen-bond donors (Lipinski definition) is 1. The summed E-state index contributed by atoms with van der Waals surface area (Å²) in [5.41, 5.74) is 3.97. The van der Waals surface area contributed by atoms with Gasteiger partial charge >= 0.3 is 5.91 Å². The van der Waals surface area contributed by atoms with E-state index in [4.69, 9.17) is 4.84 Å². The molecule has 0 saturated heterocycles. The van der Waals surface area contributed by atoms with Crippen LogP contribution in [0.15, 0.2) is 23.3 Å². The fraction of sp³-hybridized carbons (Fsp3) is 0.562. The monoisotopic (exact) mass is 291 g/mol. The van der Waals surface area contributed by atoms with Crippen molar-refractivity contribution in [3.8, 4) is 0 Å². The van der Waals surface area contributed by atoms with Crippen molar-refractivity contribution >= 4 is 17.5 Å². The fourth-order valence-corrected chi connectivity index (χ4v) is 2.93. The Morgan fingerprint density at radius 3 is 2.86 bits per heavy atom. The molecule has 0 bridgehead atoms. The molecular formula is C16H21NO4. The van der Waals surface area contributed by atoms with Crippen molar-refractivity contribution in [3.05, 3.63) is 23.3 Å². The Balaban J connectivity index is 2.02. The van der Waals surface area contributed by atoms with E-state index in [-0.39, 0.29) is 23.7 Å². The van der Waals surface area contributed by atoms with Crippen LogP contribution in [0.3, 0.4) is 0 Å². The normalized spacial score (nSPS) is 28.3. The number of carbonyl (C=O) groups excluding carboxylic acids is 3. The van der Waals surface area contributed by atoms with Crippen LogP contribution in [0, 0.1) is 5.41 Å². The number of hydrogen-bond acceptors (Lipinski definition) is 4. The van der Waals surface area contributed by atoms with Crippen molar-refractivity contribution in [2.24, 2.45) is 5.41 Å². The van der Waals surface area contributed by atoms with Gasteiger partial charge in [-0.1, -0.05) is 25.5 Å². The summed E-state index contributed by atoms with van der Waals surface area (Å²) in [5.74, 6) is -1.17. The number of amides is 1. The zero-order valence-electron chi connectivity index (χ0n) is 12.7. The summed E-state index contributed by atoms with van der Waals surface area (Å²) in [6, 6.07) is 0. The van der Waals surface area contributed by atoms with Gasteiger partial charge in [-0.15, -0.1) is 0 Å². The Kier molecular flexibility index (Phi) is 4.42. The van der Waals surface area contributed by atoms with E-state index in [2.05, 4.69) is 12.4 Å². The van der Waals surface area contributed by atoms with Gasteiger partial charge in [0.1, 0.15) is 0 Å². The van der Waals surface area contributed by atoms with Crippen molar-refractivity contribution in [3.63, 3.8) is 0 Å². The molecule has 21 heavy (non-hydrogen) atoms. The van der Waals surface area contributed by atoms with Crippen LogP contribution in [0.25, 0.3) is 0 Å². The number of carbonyl (C=O) groups is 3. The van der Waals surface area contributed by atoms with Crippen LogP contribution in [-0.2, 0) is 19.2 Å². The minimum atomic E-state index is -0.712. The third-order valence-corrected chi connectivity index (χ3v) is 4.42. The van der Waals surface area contributed by atoms with Crippen molar-refractivity contribution in [2.45, 2.75) is 52.6 Å². The molecule has 0 spiro atoms. The van der Waals surface area contributed by atoms with Crippen molar-refractivity contribution in [2.75, 3.05) is 0 Å². The lowest BCUT2D eigenvalue weighted by Crippen LogP contribution is -2.39. The molecule has 1 N–H and O–H groups in total. The van der Waals surface area contributed by atoms with Gasteiger partial charge in [0, 0.05) is 11.8 Å².